The Balaban J connectivity index is 1.95. The zero-order valence-corrected chi connectivity index (χ0v) is 13.9. The van der Waals surface area contributed by atoms with Crippen molar-refractivity contribution in [2.45, 2.75) is 24.5 Å². The highest BCUT2D eigenvalue weighted by Crippen LogP contribution is 2.49. The SMILES string of the molecule is COC1(c2nncn2C2CC2)C(c2cscn2)=CC=CC1C(N)=O. The number of nitrogens with zero attached hydrogens (tertiary/aromatic N) is 4. The van der Waals surface area contributed by atoms with Crippen LogP contribution in [0.3, 0.4) is 0 Å². The van der Waals surface area contributed by atoms with Crippen LogP contribution >= 0.6 is 11.3 Å². The molecule has 2 aliphatic rings. The third-order valence-electron chi connectivity index (χ3n) is 4.59. The first-order chi connectivity index (χ1) is 11.7. The van der Waals surface area contributed by atoms with Crippen LogP contribution in [0, 0.1) is 5.92 Å². The number of ether oxygens (including phenoxy) is 1. The summed E-state index contributed by atoms with van der Waals surface area (Å²) in [6.07, 6.45) is 9.31. The van der Waals surface area contributed by atoms with E-state index in [2.05, 4.69) is 15.2 Å². The molecule has 2 N–H and O–H groups in total. The molecule has 1 fully saturated rings. The highest BCUT2D eigenvalue weighted by atomic mass is 32.1. The van der Waals surface area contributed by atoms with E-state index in [9.17, 15) is 4.79 Å². The molecule has 2 aromatic heterocycles. The Kier molecular flexibility index (Phi) is 3.58. The smallest absolute Gasteiger partial charge is 0.228 e. The summed E-state index contributed by atoms with van der Waals surface area (Å²) < 4.78 is 7.97. The minimum Gasteiger partial charge on any atom is -0.369 e. The lowest BCUT2D eigenvalue weighted by molar-refractivity contribution is -0.128. The van der Waals surface area contributed by atoms with Crippen molar-refractivity contribution < 1.29 is 9.53 Å². The summed E-state index contributed by atoms with van der Waals surface area (Å²) >= 11 is 1.48. The van der Waals surface area contributed by atoms with E-state index >= 15 is 0 Å². The van der Waals surface area contributed by atoms with E-state index in [0.29, 0.717) is 11.9 Å². The van der Waals surface area contributed by atoms with Crippen LogP contribution in [0.1, 0.15) is 30.4 Å². The number of aromatic nitrogens is 4. The summed E-state index contributed by atoms with van der Waals surface area (Å²) in [6.45, 7) is 0. The molecule has 1 amide bonds. The van der Waals surface area contributed by atoms with Gasteiger partial charge in [0.2, 0.25) is 5.91 Å². The van der Waals surface area contributed by atoms with Crippen LogP contribution in [0.15, 0.2) is 35.4 Å². The normalized spacial score (nSPS) is 26.4. The molecule has 0 radical (unpaired) electrons. The zero-order valence-electron chi connectivity index (χ0n) is 13.1. The number of hydrogen-bond donors (Lipinski definition) is 1. The molecule has 8 heteroatoms. The third kappa shape index (κ3) is 2.14. The zero-order chi connectivity index (χ0) is 16.7. The molecular weight excluding hydrogens is 326 g/mol. The highest BCUT2D eigenvalue weighted by molar-refractivity contribution is 7.07. The molecule has 0 aliphatic heterocycles. The lowest BCUT2D eigenvalue weighted by Gasteiger charge is -2.39. The summed E-state index contributed by atoms with van der Waals surface area (Å²) in [5.41, 5.74) is 7.85. The number of carbonyl (C=O) groups excluding carboxylic acids is 1. The fraction of sp³-hybridized carbons (Fsp3) is 0.375. The van der Waals surface area contributed by atoms with E-state index in [1.165, 1.54) is 11.3 Å². The Bertz CT molecular complexity index is 821. The largest absolute Gasteiger partial charge is 0.369 e. The molecule has 2 heterocycles. The average Bonchev–Trinajstić information content (AvgIpc) is 3.10. The minimum absolute atomic E-state index is 0.346. The van der Waals surface area contributed by atoms with Crippen LogP contribution in [-0.4, -0.2) is 32.8 Å². The molecule has 2 aliphatic carbocycles. The van der Waals surface area contributed by atoms with Crippen molar-refractivity contribution in [1.29, 1.82) is 0 Å². The van der Waals surface area contributed by atoms with Gasteiger partial charge in [0, 0.05) is 24.1 Å². The molecular formula is C16H17N5O2S. The number of thiazole rings is 1. The van der Waals surface area contributed by atoms with E-state index in [4.69, 9.17) is 10.5 Å². The van der Waals surface area contributed by atoms with Gasteiger partial charge in [-0.3, -0.25) is 4.79 Å². The van der Waals surface area contributed by atoms with Crippen molar-refractivity contribution in [2.75, 3.05) is 7.11 Å². The average molecular weight is 343 g/mol. The second-order valence-electron chi connectivity index (χ2n) is 5.95. The third-order valence-corrected chi connectivity index (χ3v) is 5.17. The van der Waals surface area contributed by atoms with Crippen LogP contribution in [0.25, 0.3) is 5.57 Å². The second-order valence-corrected chi connectivity index (χ2v) is 6.67. The minimum atomic E-state index is -1.13. The molecule has 2 unspecified atom stereocenters. The Morgan fingerprint density at radius 1 is 1.50 bits per heavy atom. The first-order valence-electron chi connectivity index (χ1n) is 7.70. The Hall–Kier alpha value is -2.32. The lowest BCUT2D eigenvalue weighted by atomic mass is 9.75. The molecule has 124 valence electrons. The number of nitrogens with two attached hydrogens (primary N) is 1. The van der Waals surface area contributed by atoms with E-state index in [-0.39, 0.29) is 0 Å². The summed E-state index contributed by atoms with van der Waals surface area (Å²) in [5, 5.41) is 10.3. The van der Waals surface area contributed by atoms with E-state index < -0.39 is 17.4 Å². The van der Waals surface area contributed by atoms with E-state index in [0.717, 1.165) is 24.1 Å². The lowest BCUT2D eigenvalue weighted by Crippen LogP contribution is -2.47. The van der Waals surface area contributed by atoms with Crippen molar-refractivity contribution in [3.63, 3.8) is 0 Å². The summed E-state index contributed by atoms with van der Waals surface area (Å²) in [6, 6.07) is 0.346. The van der Waals surface area contributed by atoms with Gasteiger partial charge in [-0.25, -0.2) is 4.98 Å². The van der Waals surface area contributed by atoms with Gasteiger partial charge >= 0.3 is 0 Å². The van der Waals surface area contributed by atoms with Crippen molar-refractivity contribution in [1.82, 2.24) is 19.7 Å². The van der Waals surface area contributed by atoms with Gasteiger partial charge in [0.05, 0.1) is 17.1 Å². The molecule has 0 bridgehead atoms. The molecule has 2 aromatic rings. The highest BCUT2D eigenvalue weighted by Gasteiger charge is 2.52. The Morgan fingerprint density at radius 2 is 2.33 bits per heavy atom. The number of methoxy groups -OCH3 is 1. The summed E-state index contributed by atoms with van der Waals surface area (Å²) in [4.78, 5) is 16.6. The molecule has 2 atom stereocenters. The predicted molar refractivity (Wildman–Crippen MR) is 88.9 cm³/mol. The first kappa shape index (κ1) is 15.2. The maximum absolute atomic E-state index is 12.2. The summed E-state index contributed by atoms with van der Waals surface area (Å²) in [7, 11) is 1.57. The van der Waals surface area contributed by atoms with Gasteiger partial charge in [0.25, 0.3) is 0 Å². The maximum atomic E-state index is 12.2. The number of primary amides is 1. The monoisotopic (exact) mass is 343 g/mol. The van der Waals surface area contributed by atoms with Gasteiger partial charge in [-0.15, -0.1) is 21.5 Å². The van der Waals surface area contributed by atoms with Crippen molar-refractivity contribution >= 4 is 22.8 Å². The predicted octanol–water partition coefficient (Wildman–Crippen LogP) is 1.67. The first-order valence-corrected chi connectivity index (χ1v) is 8.64. The molecule has 4 rings (SSSR count). The molecule has 0 spiro atoms. The number of rotatable bonds is 5. The molecule has 24 heavy (non-hydrogen) atoms. The van der Waals surface area contributed by atoms with Gasteiger partial charge in [0.1, 0.15) is 6.33 Å². The van der Waals surface area contributed by atoms with Gasteiger partial charge in [-0.1, -0.05) is 18.2 Å². The van der Waals surface area contributed by atoms with E-state index in [1.54, 1.807) is 25.0 Å². The quantitative estimate of drug-likeness (QED) is 0.891. The summed E-state index contributed by atoms with van der Waals surface area (Å²) in [5.74, 6) is -0.565. The van der Waals surface area contributed by atoms with Crippen LogP contribution < -0.4 is 5.73 Å². The fourth-order valence-electron chi connectivity index (χ4n) is 3.32. The van der Waals surface area contributed by atoms with Crippen LogP contribution in [0.4, 0.5) is 0 Å². The van der Waals surface area contributed by atoms with Crippen LogP contribution in [-0.2, 0) is 15.1 Å². The fourth-order valence-corrected chi connectivity index (χ4v) is 3.87. The van der Waals surface area contributed by atoms with Crippen molar-refractivity contribution in [3.05, 3.63) is 47.0 Å². The Labute approximate surface area is 142 Å². The van der Waals surface area contributed by atoms with Crippen LogP contribution in [0.5, 0.6) is 0 Å². The van der Waals surface area contributed by atoms with Crippen molar-refractivity contribution in [2.24, 2.45) is 11.7 Å². The number of hydrogen-bond acceptors (Lipinski definition) is 6. The van der Waals surface area contributed by atoms with Gasteiger partial charge in [-0.05, 0) is 12.8 Å². The number of amides is 1. The van der Waals surface area contributed by atoms with Crippen LogP contribution in [0.2, 0.25) is 0 Å². The van der Waals surface area contributed by atoms with Crippen molar-refractivity contribution in [3.8, 4) is 0 Å². The van der Waals surface area contributed by atoms with Gasteiger partial charge < -0.3 is 15.0 Å². The molecule has 1 saturated carbocycles. The topological polar surface area (TPSA) is 95.9 Å². The second kappa shape index (κ2) is 5.64. The van der Waals surface area contributed by atoms with Gasteiger partial charge in [0.15, 0.2) is 11.4 Å². The van der Waals surface area contributed by atoms with E-state index in [1.807, 2.05) is 22.1 Å². The van der Waals surface area contributed by atoms with Gasteiger partial charge in [-0.2, -0.15) is 0 Å². The molecule has 0 aromatic carbocycles. The maximum Gasteiger partial charge on any atom is 0.228 e. The standard InChI is InChI=1S/C16H17N5O2S/c1-23-16(15-20-19-8-21(15)10-5-6-10)11(13-7-24-9-18-13)3-2-4-12(16)14(17)22/h2-4,7-10,12H,5-6H2,1H3,(H2,17,22). The number of allylic oxidation sites excluding steroid dienone is 2. The molecule has 0 saturated heterocycles. The molecule has 7 nitrogen and oxygen atoms in total. The Morgan fingerprint density at radius 3 is 2.96 bits per heavy atom. The number of carbonyl (C=O) groups is 1.